The van der Waals surface area contributed by atoms with E-state index >= 15 is 0 Å². The molecule has 19 heavy (non-hydrogen) atoms. The Labute approximate surface area is 112 Å². The third-order valence-corrected chi connectivity index (χ3v) is 3.30. The summed E-state index contributed by atoms with van der Waals surface area (Å²) in [4.78, 5) is 0. The summed E-state index contributed by atoms with van der Waals surface area (Å²) in [5.74, 6) is 0. The monoisotopic (exact) mass is 249 g/mol. The number of rotatable bonds is 2. The van der Waals surface area contributed by atoms with Gasteiger partial charge in [-0.25, -0.2) is 0 Å². The van der Waals surface area contributed by atoms with Gasteiger partial charge in [0, 0.05) is 5.56 Å². The van der Waals surface area contributed by atoms with Gasteiger partial charge in [0.05, 0.1) is 11.9 Å². The molecular weight excluding hydrogens is 234 g/mol. The fourth-order valence-corrected chi connectivity index (χ4v) is 2.30. The van der Waals surface area contributed by atoms with Crippen molar-refractivity contribution in [2.45, 2.75) is 13.8 Å². The maximum Gasteiger partial charge on any atom is 0.0853 e. The third-order valence-electron chi connectivity index (χ3n) is 3.30. The summed E-state index contributed by atoms with van der Waals surface area (Å²) in [6, 6.07) is 15.0. The molecular formula is C16H15N3. The number of benzene rings is 2. The van der Waals surface area contributed by atoms with Crippen LogP contribution in [0.5, 0.6) is 0 Å². The zero-order valence-electron chi connectivity index (χ0n) is 11.0. The van der Waals surface area contributed by atoms with Crippen molar-refractivity contribution >= 4 is 0 Å². The van der Waals surface area contributed by atoms with Crippen LogP contribution in [0, 0.1) is 13.8 Å². The van der Waals surface area contributed by atoms with Crippen LogP contribution in [0.3, 0.4) is 0 Å². The van der Waals surface area contributed by atoms with E-state index in [4.69, 9.17) is 0 Å². The highest BCUT2D eigenvalue weighted by Crippen LogP contribution is 2.26. The van der Waals surface area contributed by atoms with Gasteiger partial charge >= 0.3 is 0 Å². The van der Waals surface area contributed by atoms with Crippen LogP contribution >= 0.6 is 0 Å². The van der Waals surface area contributed by atoms with Crippen molar-refractivity contribution in [3.63, 3.8) is 0 Å². The quantitative estimate of drug-likeness (QED) is 0.751. The van der Waals surface area contributed by atoms with Crippen LogP contribution in [0.15, 0.2) is 48.7 Å². The Balaban J connectivity index is 1.98. The summed E-state index contributed by atoms with van der Waals surface area (Å²) in [6.07, 6.45) is 1.73. The van der Waals surface area contributed by atoms with Crippen molar-refractivity contribution < 1.29 is 0 Å². The summed E-state index contributed by atoms with van der Waals surface area (Å²) >= 11 is 0. The van der Waals surface area contributed by atoms with Gasteiger partial charge in [-0.3, -0.25) is 5.10 Å². The molecule has 0 saturated carbocycles. The first kappa shape index (κ1) is 11.7. The molecule has 0 atom stereocenters. The second-order valence-electron chi connectivity index (χ2n) is 4.77. The first-order chi connectivity index (χ1) is 9.24. The fraction of sp³-hybridized carbons (Fsp3) is 0.125. The van der Waals surface area contributed by atoms with E-state index < -0.39 is 0 Å². The van der Waals surface area contributed by atoms with Crippen LogP contribution in [-0.4, -0.2) is 15.4 Å². The number of nitrogens with zero attached hydrogens (tertiary/aromatic N) is 2. The van der Waals surface area contributed by atoms with Crippen LogP contribution in [-0.2, 0) is 0 Å². The topological polar surface area (TPSA) is 41.6 Å². The van der Waals surface area contributed by atoms with E-state index in [0.29, 0.717) is 0 Å². The normalized spacial score (nSPS) is 10.6. The van der Waals surface area contributed by atoms with Gasteiger partial charge in [0.15, 0.2) is 0 Å². The number of nitrogens with one attached hydrogen (secondary N) is 1. The lowest BCUT2D eigenvalue weighted by Gasteiger charge is -2.07. The molecule has 3 rings (SSSR count). The van der Waals surface area contributed by atoms with Crippen molar-refractivity contribution in [3.8, 4) is 22.4 Å². The Kier molecular flexibility index (Phi) is 2.88. The van der Waals surface area contributed by atoms with Crippen LogP contribution in [0.25, 0.3) is 22.4 Å². The minimum absolute atomic E-state index is 0.937. The van der Waals surface area contributed by atoms with E-state index in [9.17, 15) is 0 Å². The summed E-state index contributed by atoms with van der Waals surface area (Å²) in [5.41, 5.74) is 7.14. The number of hydrogen-bond acceptors (Lipinski definition) is 2. The molecule has 0 aliphatic heterocycles. The number of H-pyrrole nitrogens is 1. The molecule has 3 nitrogen and oxygen atoms in total. The number of aryl methyl sites for hydroxylation is 2. The van der Waals surface area contributed by atoms with Crippen molar-refractivity contribution in [2.75, 3.05) is 0 Å². The molecule has 1 aromatic heterocycles. The maximum atomic E-state index is 3.80. The van der Waals surface area contributed by atoms with Gasteiger partial charge in [0.1, 0.15) is 0 Å². The van der Waals surface area contributed by atoms with Crippen LogP contribution in [0.1, 0.15) is 11.1 Å². The van der Waals surface area contributed by atoms with E-state index in [1.165, 1.54) is 22.3 Å². The van der Waals surface area contributed by atoms with E-state index in [0.717, 1.165) is 11.3 Å². The Hall–Kier alpha value is -2.42. The predicted octanol–water partition coefficient (Wildman–Crippen LogP) is 3.76. The van der Waals surface area contributed by atoms with Crippen LogP contribution in [0.2, 0.25) is 0 Å². The van der Waals surface area contributed by atoms with Gasteiger partial charge in [-0.05, 0) is 30.5 Å². The van der Waals surface area contributed by atoms with Crippen molar-refractivity contribution in [3.05, 3.63) is 59.8 Å². The van der Waals surface area contributed by atoms with Gasteiger partial charge < -0.3 is 0 Å². The Morgan fingerprint density at radius 3 is 2.26 bits per heavy atom. The highest BCUT2D eigenvalue weighted by atomic mass is 15.3. The molecule has 1 heterocycles. The molecule has 0 fully saturated rings. The van der Waals surface area contributed by atoms with Crippen molar-refractivity contribution in [2.24, 2.45) is 0 Å². The highest BCUT2D eigenvalue weighted by molar-refractivity contribution is 5.71. The second kappa shape index (κ2) is 4.69. The number of aromatic nitrogens is 3. The van der Waals surface area contributed by atoms with Gasteiger partial charge in [-0.1, -0.05) is 53.2 Å². The van der Waals surface area contributed by atoms with Crippen molar-refractivity contribution in [1.82, 2.24) is 15.4 Å². The lowest BCUT2D eigenvalue weighted by Crippen LogP contribution is -1.85. The minimum Gasteiger partial charge on any atom is -0.258 e. The molecule has 0 bridgehead atoms. The zero-order chi connectivity index (χ0) is 13.2. The van der Waals surface area contributed by atoms with Crippen molar-refractivity contribution in [1.29, 1.82) is 0 Å². The Bertz CT molecular complexity index is 683. The molecule has 0 spiro atoms. The lowest BCUT2D eigenvalue weighted by molar-refractivity contribution is 0.942. The summed E-state index contributed by atoms with van der Waals surface area (Å²) in [5, 5.41) is 10.4. The summed E-state index contributed by atoms with van der Waals surface area (Å²) in [7, 11) is 0. The molecule has 0 saturated heterocycles. The SMILES string of the molecule is Cc1ccc(-c2ccc(-c3cnn[nH]3)cc2)c(C)c1. The van der Waals surface area contributed by atoms with Gasteiger partial charge in [-0.2, -0.15) is 0 Å². The average molecular weight is 249 g/mol. The first-order valence-electron chi connectivity index (χ1n) is 6.28. The summed E-state index contributed by atoms with van der Waals surface area (Å²) < 4.78 is 0. The standard InChI is InChI=1S/C16H15N3/c1-11-3-8-15(12(2)9-11)13-4-6-14(7-5-13)16-10-17-19-18-16/h3-10H,1-2H3,(H,17,18,19). The molecule has 0 aliphatic carbocycles. The second-order valence-corrected chi connectivity index (χ2v) is 4.77. The van der Waals surface area contributed by atoms with Crippen LogP contribution in [0.4, 0.5) is 0 Å². The first-order valence-corrected chi connectivity index (χ1v) is 6.28. The fourth-order valence-electron chi connectivity index (χ4n) is 2.30. The smallest absolute Gasteiger partial charge is 0.0853 e. The number of hydrogen-bond donors (Lipinski definition) is 1. The molecule has 3 heteroatoms. The largest absolute Gasteiger partial charge is 0.258 e. The third kappa shape index (κ3) is 2.27. The summed E-state index contributed by atoms with van der Waals surface area (Å²) in [6.45, 7) is 4.26. The van der Waals surface area contributed by atoms with Gasteiger partial charge in [0.25, 0.3) is 0 Å². The molecule has 2 aromatic carbocycles. The van der Waals surface area contributed by atoms with Gasteiger partial charge in [0.2, 0.25) is 0 Å². The lowest BCUT2D eigenvalue weighted by atomic mass is 9.97. The van der Waals surface area contributed by atoms with E-state index in [1.807, 2.05) is 0 Å². The van der Waals surface area contributed by atoms with E-state index in [-0.39, 0.29) is 0 Å². The van der Waals surface area contributed by atoms with E-state index in [2.05, 4.69) is 71.7 Å². The molecule has 0 unspecified atom stereocenters. The maximum absolute atomic E-state index is 3.80. The Morgan fingerprint density at radius 1 is 0.895 bits per heavy atom. The highest BCUT2D eigenvalue weighted by Gasteiger charge is 2.04. The molecule has 94 valence electrons. The van der Waals surface area contributed by atoms with E-state index in [1.54, 1.807) is 6.20 Å². The molecule has 0 aliphatic rings. The predicted molar refractivity (Wildman–Crippen MR) is 76.7 cm³/mol. The Morgan fingerprint density at radius 2 is 1.63 bits per heavy atom. The van der Waals surface area contributed by atoms with Crippen LogP contribution < -0.4 is 0 Å². The average Bonchev–Trinajstić information content (AvgIpc) is 2.93. The molecule has 0 amide bonds. The number of aromatic amines is 1. The molecule has 3 aromatic rings. The minimum atomic E-state index is 0.937. The zero-order valence-corrected chi connectivity index (χ0v) is 11.0. The molecule has 0 radical (unpaired) electrons. The molecule has 1 N–H and O–H groups in total. The van der Waals surface area contributed by atoms with Gasteiger partial charge in [-0.15, -0.1) is 5.10 Å².